The molecule has 7 heteroatoms. The van der Waals surface area contributed by atoms with E-state index in [2.05, 4.69) is 24.5 Å². The molecule has 3 aliphatic rings. The fourth-order valence-corrected chi connectivity index (χ4v) is 5.50. The van der Waals surface area contributed by atoms with E-state index in [0.29, 0.717) is 29.5 Å². The van der Waals surface area contributed by atoms with Crippen LogP contribution in [0, 0.1) is 24.7 Å². The number of hydrogen-bond donors (Lipinski definition) is 2. The number of nitrogens with one attached hydrogen (secondary N) is 2. The maximum atomic E-state index is 13.6. The number of fused-ring (bicyclic) bond motifs is 4. The van der Waals surface area contributed by atoms with Crippen LogP contribution in [0.15, 0.2) is 12.1 Å². The first-order valence-corrected chi connectivity index (χ1v) is 10.8. The van der Waals surface area contributed by atoms with Crippen molar-refractivity contribution in [3.63, 3.8) is 0 Å². The Balaban J connectivity index is 1.90. The van der Waals surface area contributed by atoms with Crippen molar-refractivity contribution < 1.29 is 14.4 Å². The van der Waals surface area contributed by atoms with Crippen LogP contribution in [0.5, 0.6) is 0 Å². The van der Waals surface area contributed by atoms with E-state index in [1.165, 1.54) is 4.90 Å². The Morgan fingerprint density at radius 1 is 1.17 bits per heavy atom. The van der Waals surface area contributed by atoms with Crippen LogP contribution in [0.1, 0.15) is 51.7 Å². The van der Waals surface area contributed by atoms with Crippen molar-refractivity contribution >= 4 is 35.0 Å². The lowest BCUT2D eigenvalue weighted by atomic mass is 9.76. The number of carbonyl (C=O) groups is 3. The Hall–Kier alpha value is -1.92. The highest BCUT2D eigenvalue weighted by atomic mass is 35.5. The molecule has 2 fully saturated rings. The number of likely N-dealkylation sites (tertiary alicyclic amines) is 1. The van der Waals surface area contributed by atoms with Crippen LogP contribution in [0.2, 0.25) is 5.02 Å². The first kappa shape index (κ1) is 20.4. The number of halogens is 1. The molecule has 0 radical (unpaired) electrons. The van der Waals surface area contributed by atoms with Gasteiger partial charge in [-0.1, -0.05) is 38.4 Å². The Bertz CT molecular complexity index is 915. The molecule has 3 heterocycles. The van der Waals surface area contributed by atoms with E-state index in [1.807, 2.05) is 26.8 Å². The van der Waals surface area contributed by atoms with Crippen molar-refractivity contribution in [2.45, 2.75) is 65.1 Å². The molecule has 156 valence electrons. The van der Waals surface area contributed by atoms with Crippen molar-refractivity contribution in [3.8, 4) is 0 Å². The van der Waals surface area contributed by atoms with Crippen LogP contribution in [-0.2, 0) is 19.9 Å². The van der Waals surface area contributed by atoms with Gasteiger partial charge in [0.2, 0.25) is 17.7 Å². The van der Waals surface area contributed by atoms with Crippen molar-refractivity contribution in [2.75, 3.05) is 5.32 Å². The minimum absolute atomic E-state index is 0.156. The van der Waals surface area contributed by atoms with Gasteiger partial charge in [0.1, 0.15) is 5.54 Å². The van der Waals surface area contributed by atoms with E-state index in [-0.39, 0.29) is 29.8 Å². The SMILES string of the molecule is CCC(C)N1C(=O)C2C(CC(C)C)NC3(C(=O)Nc4c3ccc(Cl)c4C)C2C1=O. The third-order valence-electron chi connectivity index (χ3n) is 6.88. The number of rotatable bonds is 4. The summed E-state index contributed by atoms with van der Waals surface area (Å²) in [4.78, 5) is 41.7. The second kappa shape index (κ2) is 6.81. The van der Waals surface area contributed by atoms with Gasteiger partial charge >= 0.3 is 0 Å². The van der Waals surface area contributed by atoms with Crippen LogP contribution in [0.3, 0.4) is 0 Å². The predicted octanol–water partition coefficient (Wildman–Crippen LogP) is 3.21. The van der Waals surface area contributed by atoms with Crippen LogP contribution in [0.4, 0.5) is 5.69 Å². The van der Waals surface area contributed by atoms with E-state index < -0.39 is 17.4 Å². The Kier molecular flexibility index (Phi) is 4.78. The number of hydrogen-bond acceptors (Lipinski definition) is 4. The van der Waals surface area contributed by atoms with E-state index in [0.717, 1.165) is 11.1 Å². The summed E-state index contributed by atoms with van der Waals surface area (Å²) in [5, 5.41) is 6.98. The lowest BCUT2D eigenvalue weighted by Crippen LogP contribution is -2.54. The summed E-state index contributed by atoms with van der Waals surface area (Å²) in [6, 6.07) is 3.15. The van der Waals surface area contributed by atoms with Gasteiger partial charge in [-0.05, 0) is 44.2 Å². The largest absolute Gasteiger partial charge is 0.324 e. The first-order chi connectivity index (χ1) is 13.6. The van der Waals surface area contributed by atoms with Crippen LogP contribution < -0.4 is 10.6 Å². The second-order valence-corrected chi connectivity index (χ2v) is 9.45. The summed E-state index contributed by atoms with van der Waals surface area (Å²) >= 11 is 6.28. The zero-order valence-corrected chi connectivity index (χ0v) is 18.3. The van der Waals surface area contributed by atoms with Crippen molar-refractivity contribution in [1.29, 1.82) is 0 Å². The normalized spacial score (nSPS) is 31.6. The molecule has 1 aromatic carbocycles. The molecule has 5 unspecified atom stereocenters. The predicted molar refractivity (Wildman–Crippen MR) is 111 cm³/mol. The fourth-order valence-electron chi connectivity index (χ4n) is 5.34. The summed E-state index contributed by atoms with van der Waals surface area (Å²) < 4.78 is 0. The summed E-state index contributed by atoms with van der Waals surface area (Å²) in [6.45, 7) is 9.87. The average molecular weight is 418 g/mol. The van der Waals surface area contributed by atoms with Crippen LogP contribution >= 0.6 is 11.6 Å². The first-order valence-electron chi connectivity index (χ1n) is 10.4. The molecule has 0 aliphatic carbocycles. The molecule has 3 aliphatic heterocycles. The minimum Gasteiger partial charge on any atom is -0.324 e. The third kappa shape index (κ3) is 2.61. The molecule has 4 rings (SSSR count). The quantitative estimate of drug-likeness (QED) is 0.737. The molecule has 3 amide bonds. The van der Waals surface area contributed by atoms with Gasteiger partial charge in [0.15, 0.2) is 0 Å². The minimum atomic E-state index is -1.23. The number of nitrogens with zero attached hydrogens (tertiary/aromatic N) is 1. The molecule has 1 aromatic rings. The second-order valence-electron chi connectivity index (χ2n) is 9.04. The third-order valence-corrected chi connectivity index (χ3v) is 7.29. The topological polar surface area (TPSA) is 78.5 Å². The summed E-state index contributed by atoms with van der Waals surface area (Å²) in [5.74, 6) is -1.63. The number of anilines is 1. The molecule has 29 heavy (non-hydrogen) atoms. The molecular formula is C22H28ClN3O3. The van der Waals surface area contributed by atoms with Crippen molar-refractivity contribution in [1.82, 2.24) is 10.2 Å². The number of imide groups is 1. The molecule has 2 N–H and O–H groups in total. The maximum Gasteiger partial charge on any atom is 0.250 e. The highest BCUT2D eigenvalue weighted by Gasteiger charge is 2.70. The van der Waals surface area contributed by atoms with E-state index in [4.69, 9.17) is 11.6 Å². The molecule has 0 aromatic heterocycles. The smallest absolute Gasteiger partial charge is 0.250 e. The molecule has 0 bridgehead atoms. The summed E-state index contributed by atoms with van der Waals surface area (Å²) in [6.07, 6.45) is 1.40. The summed E-state index contributed by atoms with van der Waals surface area (Å²) in [7, 11) is 0. The molecular weight excluding hydrogens is 390 g/mol. The Labute approximate surface area is 176 Å². The fraction of sp³-hybridized carbons (Fsp3) is 0.591. The van der Waals surface area contributed by atoms with Crippen molar-refractivity contribution in [3.05, 3.63) is 28.3 Å². The van der Waals surface area contributed by atoms with Gasteiger partial charge in [0.25, 0.3) is 0 Å². The maximum absolute atomic E-state index is 13.6. The monoisotopic (exact) mass is 417 g/mol. The highest BCUT2D eigenvalue weighted by molar-refractivity contribution is 6.32. The lowest BCUT2D eigenvalue weighted by Gasteiger charge is -2.31. The van der Waals surface area contributed by atoms with E-state index in [1.54, 1.807) is 6.07 Å². The van der Waals surface area contributed by atoms with Gasteiger partial charge in [0.05, 0.1) is 17.5 Å². The van der Waals surface area contributed by atoms with Gasteiger partial charge < -0.3 is 5.32 Å². The van der Waals surface area contributed by atoms with E-state index >= 15 is 0 Å². The van der Waals surface area contributed by atoms with Gasteiger partial charge in [0, 0.05) is 22.7 Å². The standard InChI is InChI=1S/C22H28ClN3O3/c1-6-11(4)26-19(27)16-15(9-10(2)3)25-22(17(16)20(26)28)13-7-8-14(23)12(5)18(13)24-21(22)29/h7-8,10-11,15-17,25H,6,9H2,1-5H3,(H,24,29). The number of amides is 3. The molecule has 6 nitrogen and oxygen atoms in total. The van der Waals surface area contributed by atoms with E-state index in [9.17, 15) is 14.4 Å². The highest BCUT2D eigenvalue weighted by Crippen LogP contribution is 2.55. The number of benzene rings is 1. The van der Waals surface area contributed by atoms with Gasteiger partial charge in [-0.25, -0.2) is 0 Å². The Morgan fingerprint density at radius 2 is 1.86 bits per heavy atom. The molecule has 5 atom stereocenters. The van der Waals surface area contributed by atoms with Crippen LogP contribution in [-0.4, -0.2) is 34.7 Å². The molecule has 2 saturated heterocycles. The Morgan fingerprint density at radius 3 is 2.48 bits per heavy atom. The van der Waals surface area contributed by atoms with Crippen molar-refractivity contribution in [2.24, 2.45) is 17.8 Å². The average Bonchev–Trinajstić information content (AvgIpc) is 3.23. The lowest BCUT2D eigenvalue weighted by molar-refractivity contribution is -0.145. The molecule has 0 saturated carbocycles. The zero-order valence-electron chi connectivity index (χ0n) is 17.5. The van der Waals surface area contributed by atoms with Gasteiger partial charge in [-0.3, -0.25) is 24.6 Å². The van der Waals surface area contributed by atoms with Gasteiger partial charge in [-0.2, -0.15) is 0 Å². The van der Waals surface area contributed by atoms with Gasteiger partial charge in [-0.15, -0.1) is 0 Å². The van der Waals surface area contributed by atoms with Crippen LogP contribution in [0.25, 0.3) is 0 Å². The summed E-state index contributed by atoms with van der Waals surface area (Å²) in [5.41, 5.74) is 0.915. The molecule has 1 spiro atoms. The zero-order chi connectivity index (χ0) is 21.2. The number of carbonyl (C=O) groups excluding carboxylic acids is 3.